The first-order chi connectivity index (χ1) is 14.1. The van der Waals surface area contributed by atoms with Crippen molar-refractivity contribution in [3.63, 3.8) is 0 Å². The number of nitrogens with zero attached hydrogens (tertiary/aromatic N) is 3. The summed E-state index contributed by atoms with van der Waals surface area (Å²) >= 11 is 0. The highest BCUT2D eigenvalue weighted by molar-refractivity contribution is 5.85. The van der Waals surface area contributed by atoms with Crippen LogP contribution in [0.1, 0.15) is 56.3 Å². The van der Waals surface area contributed by atoms with Crippen LogP contribution in [-0.2, 0) is 15.9 Å². The lowest BCUT2D eigenvalue weighted by Crippen LogP contribution is -2.19. The van der Waals surface area contributed by atoms with E-state index in [9.17, 15) is 5.11 Å². The van der Waals surface area contributed by atoms with Crippen LogP contribution < -0.4 is 4.74 Å². The van der Waals surface area contributed by atoms with Crippen molar-refractivity contribution in [2.45, 2.75) is 63.6 Å². The molecule has 0 amide bonds. The number of methoxy groups -OCH3 is 1. The van der Waals surface area contributed by atoms with Gasteiger partial charge in [0.1, 0.15) is 11.9 Å². The molecule has 2 fully saturated rings. The van der Waals surface area contributed by atoms with E-state index >= 15 is 0 Å². The van der Waals surface area contributed by atoms with Crippen molar-refractivity contribution in [2.75, 3.05) is 26.9 Å². The quantitative estimate of drug-likeness (QED) is 0.763. The summed E-state index contributed by atoms with van der Waals surface area (Å²) in [5.41, 5.74) is 2.08. The van der Waals surface area contributed by atoms with Gasteiger partial charge < -0.3 is 19.3 Å². The first-order valence-corrected chi connectivity index (χ1v) is 10.7. The number of ether oxygens (including phenoxy) is 3. The molecule has 158 valence electrons. The van der Waals surface area contributed by atoms with Crippen molar-refractivity contribution in [3.8, 4) is 5.88 Å². The van der Waals surface area contributed by atoms with E-state index in [1.807, 2.05) is 12.4 Å². The van der Waals surface area contributed by atoms with Gasteiger partial charge in [-0.1, -0.05) is 6.92 Å². The summed E-state index contributed by atoms with van der Waals surface area (Å²) in [7, 11) is 1.72. The minimum atomic E-state index is -0.185. The van der Waals surface area contributed by atoms with Crippen molar-refractivity contribution in [1.29, 1.82) is 0 Å². The summed E-state index contributed by atoms with van der Waals surface area (Å²) in [6.45, 7) is 4.14. The highest BCUT2D eigenvalue weighted by Gasteiger charge is 2.26. The van der Waals surface area contributed by atoms with Gasteiger partial charge in [-0.05, 0) is 37.5 Å². The number of pyridine rings is 1. The first-order valence-electron chi connectivity index (χ1n) is 10.7. The van der Waals surface area contributed by atoms with E-state index < -0.39 is 0 Å². The standard InChI is InChI=1S/C22H31N3O4/c1-14(12-27-2)9-20-23-11-19-21(25-20)18(15-3-5-16(26)6-4-15)10-24-22(19)29-17-7-8-28-13-17/h10-11,14-17,26H,3-9,12-13H2,1-2H3/t14-,15?,16?,17+/m1/s1. The Labute approximate surface area is 171 Å². The maximum atomic E-state index is 9.90. The number of fused-ring (bicyclic) bond motifs is 1. The molecule has 4 rings (SSSR count). The molecule has 1 saturated carbocycles. The third-order valence-corrected chi connectivity index (χ3v) is 5.95. The molecule has 2 aromatic heterocycles. The van der Waals surface area contributed by atoms with Crippen molar-refractivity contribution in [2.24, 2.45) is 5.92 Å². The van der Waals surface area contributed by atoms with E-state index in [4.69, 9.17) is 19.2 Å². The predicted molar refractivity (Wildman–Crippen MR) is 109 cm³/mol. The molecule has 7 heteroatoms. The average molecular weight is 402 g/mol. The molecule has 1 N–H and O–H groups in total. The Hall–Kier alpha value is -1.83. The molecule has 0 spiro atoms. The lowest BCUT2D eigenvalue weighted by atomic mass is 9.82. The fraction of sp³-hybridized carbons (Fsp3) is 0.682. The third-order valence-electron chi connectivity index (χ3n) is 5.95. The van der Waals surface area contributed by atoms with Crippen LogP contribution >= 0.6 is 0 Å². The number of aliphatic hydroxyl groups is 1. The van der Waals surface area contributed by atoms with Gasteiger partial charge in [-0.25, -0.2) is 15.0 Å². The number of rotatable bonds is 7. The summed E-state index contributed by atoms with van der Waals surface area (Å²) in [6, 6.07) is 0. The molecule has 0 unspecified atom stereocenters. The SMILES string of the molecule is COC[C@H](C)Cc1ncc2c(O[C@H]3CCOC3)ncc(C3CCC(O)CC3)c2n1. The minimum Gasteiger partial charge on any atom is -0.471 e. The second-order valence-electron chi connectivity index (χ2n) is 8.44. The Kier molecular flexibility index (Phi) is 6.57. The smallest absolute Gasteiger partial charge is 0.224 e. The zero-order valence-electron chi connectivity index (χ0n) is 17.3. The van der Waals surface area contributed by atoms with Gasteiger partial charge >= 0.3 is 0 Å². The average Bonchev–Trinajstić information content (AvgIpc) is 3.22. The lowest BCUT2D eigenvalue weighted by molar-refractivity contribution is 0.122. The summed E-state index contributed by atoms with van der Waals surface area (Å²) < 4.78 is 16.8. The second kappa shape index (κ2) is 9.32. The maximum Gasteiger partial charge on any atom is 0.224 e. The van der Waals surface area contributed by atoms with Gasteiger partial charge in [-0.3, -0.25) is 0 Å². The van der Waals surface area contributed by atoms with E-state index in [0.717, 1.165) is 67.4 Å². The zero-order chi connectivity index (χ0) is 20.2. The molecule has 0 aromatic carbocycles. The van der Waals surface area contributed by atoms with Gasteiger partial charge in [0.25, 0.3) is 0 Å². The summed E-state index contributed by atoms with van der Waals surface area (Å²) in [4.78, 5) is 14.2. The van der Waals surface area contributed by atoms with Crippen molar-refractivity contribution >= 4 is 10.9 Å². The van der Waals surface area contributed by atoms with E-state index in [-0.39, 0.29) is 12.2 Å². The van der Waals surface area contributed by atoms with Crippen LogP contribution in [0.5, 0.6) is 5.88 Å². The van der Waals surface area contributed by atoms with Gasteiger partial charge in [0.05, 0.1) is 30.2 Å². The third kappa shape index (κ3) is 4.85. The fourth-order valence-corrected chi connectivity index (χ4v) is 4.35. The highest BCUT2D eigenvalue weighted by atomic mass is 16.5. The topological polar surface area (TPSA) is 86.6 Å². The van der Waals surface area contributed by atoms with Crippen LogP contribution in [0, 0.1) is 5.92 Å². The fourth-order valence-electron chi connectivity index (χ4n) is 4.35. The van der Waals surface area contributed by atoms with Gasteiger partial charge in [0.2, 0.25) is 5.88 Å². The van der Waals surface area contributed by atoms with Gasteiger partial charge in [-0.15, -0.1) is 0 Å². The monoisotopic (exact) mass is 401 g/mol. The van der Waals surface area contributed by atoms with Crippen LogP contribution in [0.2, 0.25) is 0 Å². The molecule has 0 radical (unpaired) electrons. The summed E-state index contributed by atoms with van der Waals surface area (Å²) in [6.07, 6.45) is 8.82. The molecule has 3 heterocycles. The van der Waals surface area contributed by atoms with E-state index in [1.54, 1.807) is 7.11 Å². The number of aliphatic hydroxyl groups excluding tert-OH is 1. The molecular formula is C22H31N3O4. The predicted octanol–water partition coefficient (Wildman–Crippen LogP) is 3.04. The Morgan fingerprint density at radius 1 is 1.17 bits per heavy atom. The molecule has 7 nitrogen and oxygen atoms in total. The maximum absolute atomic E-state index is 9.90. The number of aromatic nitrogens is 3. The van der Waals surface area contributed by atoms with Crippen molar-refractivity contribution in [3.05, 3.63) is 23.8 Å². The second-order valence-corrected chi connectivity index (χ2v) is 8.44. The Bertz CT molecular complexity index is 817. The molecule has 2 atom stereocenters. The Morgan fingerprint density at radius 2 is 2.00 bits per heavy atom. The summed E-state index contributed by atoms with van der Waals surface area (Å²) in [5.74, 6) is 2.11. The molecule has 2 aromatic rings. The van der Waals surface area contributed by atoms with E-state index in [1.165, 1.54) is 0 Å². The number of hydrogen-bond acceptors (Lipinski definition) is 7. The highest BCUT2D eigenvalue weighted by Crippen LogP contribution is 2.37. The van der Waals surface area contributed by atoms with Gasteiger partial charge in [0, 0.05) is 44.5 Å². The Morgan fingerprint density at radius 3 is 2.72 bits per heavy atom. The lowest BCUT2D eigenvalue weighted by Gasteiger charge is -2.26. The first kappa shape index (κ1) is 20.4. The van der Waals surface area contributed by atoms with Crippen LogP contribution in [0.15, 0.2) is 12.4 Å². The molecule has 0 bridgehead atoms. The van der Waals surface area contributed by atoms with Crippen LogP contribution in [-0.4, -0.2) is 59.2 Å². The normalized spacial score (nSPS) is 26.0. The van der Waals surface area contributed by atoms with Crippen LogP contribution in [0.3, 0.4) is 0 Å². The molecule has 2 aliphatic rings. The largest absolute Gasteiger partial charge is 0.471 e. The molecule has 29 heavy (non-hydrogen) atoms. The molecule has 1 aliphatic heterocycles. The van der Waals surface area contributed by atoms with E-state index in [2.05, 4.69) is 16.9 Å². The zero-order valence-corrected chi connectivity index (χ0v) is 17.3. The minimum absolute atomic E-state index is 0.0304. The van der Waals surface area contributed by atoms with Crippen LogP contribution in [0.25, 0.3) is 10.9 Å². The molecular weight excluding hydrogens is 370 g/mol. The van der Waals surface area contributed by atoms with Crippen molar-refractivity contribution < 1.29 is 19.3 Å². The molecule has 1 aliphatic carbocycles. The van der Waals surface area contributed by atoms with Gasteiger partial charge in [0.15, 0.2) is 0 Å². The summed E-state index contributed by atoms with van der Waals surface area (Å²) in [5, 5.41) is 10.8. The number of hydrogen-bond donors (Lipinski definition) is 1. The van der Waals surface area contributed by atoms with Crippen molar-refractivity contribution in [1.82, 2.24) is 15.0 Å². The van der Waals surface area contributed by atoms with E-state index in [0.29, 0.717) is 30.9 Å². The molecule has 1 saturated heterocycles. The van der Waals surface area contributed by atoms with Gasteiger partial charge in [-0.2, -0.15) is 0 Å². The van der Waals surface area contributed by atoms with Crippen LogP contribution in [0.4, 0.5) is 0 Å². The Balaban J connectivity index is 1.68.